The number of rotatable bonds is 5. The highest BCUT2D eigenvalue weighted by Gasteiger charge is 2.22. The van der Waals surface area contributed by atoms with Crippen molar-refractivity contribution in [3.63, 3.8) is 0 Å². The van der Waals surface area contributed by atoms with Crippen LogP contribution in [0.15, 0.2) is 24.4 Å². The highest BCUT2D eigenvalue weighted by Crippen LogP contribution is 2.31. The molecule has 0 saturated carbocycles. The highest BCUT2D eigenvalue weighted by molar-refractivity contribution is 6.01. The van der Waals surface area contributed by atoms with Crippen molar-refractivity contribution in [2.45, 2.75) is 39.2 Å². The van der Waals surface area contributed by atoms with Crippen LogP contribution in [-0.4, -0.2) is 22.2 Å². The van der Waals surface area contributed by atoms with Crippen LogP contribution in [0.25, 0.3) is 10.8 Å². The van der Waals surface area contributed by atoms with E-state index in [2.05, 4.69) is 24.1 Å². The molecular weight excluding hydrogens is 250 g/mol. The number of hydrogen-bond acceptors (Lipinski definition) is 4. The minimum absolute atomic E-state index is 0.130. The number of nitrogens with one attached hydrogen (secondary N) is 1. The summed E-state index contributed by atoms with van der Waals surface area (Å²) in [6.45, 7) is 6.39. The van der Waals surface area contributed by atoms with E-state index in [0.29, 0.717) is 6.42 Å². The van der Waals surface area contributed by atoms with E-state index in [-0.39, 0.29) is 12.1 Å². The van der Waals surface area contributed by atoms with Crippen LogP contribution in [0.5, 0.6) is 0 Å². The van der Waals surface area contributed by atoms with Gasteiger partial charge in [0.1, 0.15) is 0 Å². The number of fused-ring (bicyclic) bond motifs is 1. The minimum Gasteiger partial charge on any atom is -0.398 e. The minimum atomic E-state index is -0.130. The summed E-state index contributed by atoms with van der Waals surface area (Å²) in [7, 11) is 0. The first kappa shape index (κ1) is 14.6. The van der Waals surface area contributed by atoms with Crippen molar-refractivity contribution < 1.29 is 5.11 Å². The van der Waals surface area contributed by atoms with Crippen molar-refractivity contribution in [2.75, 3.05) is 17.7 Å². The Hall–Kier alpha value is -1.81. The highest BCUT2D eigenvalue weighted by atomic mass is 16.3. The predicted octanol–water partition coefficient (Wildman–Crippen LogP) is 3.09. The maximum Gasteiger partial charge on any atom is 0.0453 e. The van der Waals surface area contributed by atoms with E-state index in [9.17, 15) is 5.11 Å². The van der Waals surface area contributed by atoms with Crippen LogP contribution in [0.1, 0.15) is 32.4 Å². The Bertz CT molecular complexity index is 612. The number of aliphatic hydroxyl groups excluding tert-OH is 1. The van der Waals surface area contributed by atoms with Crippen molar-refractivity contribution in [2.24, 2.45) is 0 Å². The molecule has 1 heterocycles. The topological polar surface area (TPSA) is 71.2 Å². The molecule has 0 bridgehead atoms. The van der Waals surface area contributed by atoms with Crippen LogP contribution in [0.4, 0.5) is 11.4 Å². The van der Waals surface area contributed by atoms with Gasteiger partial charge in [-0.05, 0) is 44.9 Å². The first-order valence-electron chi connectivity index (χ1n) is 7.03. The fourth-order valence-corrected chi connectivity index (χ4v) is 2.37. The van der Waals surface area contributed by atoms with E-state index in [4.69, 9.17) is 5.73 Å². The number of aromatic nitrogens is 1. The van der Waals surface area contributed by atoms with Crippen LogP contribution in [0.3, 0.4) is 0 Å². The number of nitrogen functional groups attached to an aromatic ring is 1. The van der Waals surface area contributed by atoms with Gasteiger partial charge in [0.2, 0.25) is 0 Å². The van der Waals surface area contributed by atoms with Crippen LogP contribution in [-0.2, 0) is 0 Å². The molecule has 0 fully saturated rings. The maximum absolute atomic E-state index is 9.24. The molecule has 0 saturated heterocycles. The first-order valence-corrected chi connectivity index (χ1v) is 7.03. The lowest BCUT2D eigenvalue weighted by atomic mass is 9.93. The Morgan fingerprint density at radius 2 is 2.10 bits per heavy atom. The summed E-state index contributed by atoms with van der Waals surface area (Å²) < 4.78 is 0. The van der Waals surface area contributed by atoms with Gasteiger partial charge >= 0.3 is 0 Å². The molecule has 108 valence electrons. The molecule has 1 aromatic carbocycles. The first-order chi connectivity index (χ1) is 9.49. The number of aliphatic hydroxyl groups is 1. The van der Waals surface area contributed by atoms with Gasteiger partial charge in [0.25, 0.3) is 0 Å². The Morgan fingerprint density at radius 1 is 1.35 bits per heavy atom. The van der Waals surface area contributed by atoms with E-state index < -0.39 is 0 Å². The lowest BCUT2D eigenvalue weighted by Crippen LogP contribution is -2.35. The second kappa shape index (κ2) is 5.67. The van der Waals surface area contributed by atoms with Gasteiger partial charge in [-0.25, -0.2) is 0 Å². The largest absolute Gasteiger partial charge is 0.398 e. The Kier molecular flexibility index (Phi) is 4.14. The summed E-state index contributed by atoms with van der Waals surface area (Å²) >= 11 is 0. The van der Waals surface area contributed by atoms with E-state index in [1.807, 2.05) is 31.3 Å². The van der Waals surface area contributed by atoms with Crippen molar-refractivity contribution >= 4 is 22.1 Å². The van der Waals surface area contributed by atoms with E-state index in [1.54, 1.807) is 0 Å². The third kappa shape index (κ3) is 2.85. The van der Waals surface area contributed by atoms with Crippen molar-refractivity contribution in [1.29, 1.82) is 0 Å². The number of benzene rings is 1. The fourth-order valence-electron chi connectivity index (χ4n) is 2.37. The average Bonchev–Trinajstić information content (AvgIpc) is 2.42. The number of hydrogen-bond donors (Lipinski definition) is 3. The standard InChI is InChI=1S/C16H23N3O/c1-4-16(3,7-8-20)19-15-6-5-14(17)13-10-18-11(2)9-12(13)15/h5-6,9-10,19-20H,4,7-8,17H2,1-3H3. The number of pyridine rings is 1. The normalized spacial score (nSPS) is 14.2. The molecule has 0 aliphatic rings. The van der Waals surface area contributed by atoms with Crippen LogP contribution < -0.4 is 11.1 Å². The summed E-state index contributed by atoms with van der Waals surface area (Å²) in [4.78, 5) is 4.31. The molecule has 0 spiro atoms. The molecule has 2 aromatic rings. The lowest BCUT2D eigenvalue weighted by molar-refractivity contribution is 0.252. The molecule has 1 unspecified atom stereocenters. The summed E-state index contributed by atoms with van der Waals surface area (Å²) in [5.41, 5.74) is 8.63. The molecule has 1 aromatic heterocycles. The summed E-state index contributed by atoms with van der Waals surface area (Å²) in [6.07, 6.45) is 3.46. The van der Waals surface area contributed by atoms with Crippen molar-refractivity contribution in [1.82, 2.24) is 4.98 Å². The zero-order valence-electron chi connectivity index (χ0n) is 12.4. The van der Waals surface area contributed by atoms with Gasteiger partial charge in [-0.2, -0.15) is 0 Å². The molecule has 4 heteroatoms. The van der Waals surface area contributed by atoms with E-state index in [1.165, 1.54) is 0 Å². The molecule has 4 N–H and O–H groups in total. The van der Waals surface area contributed by atoms with E-state index >= 15 is 0 Å². The van der Waals surface area contributed by atoms with Gasteiger partial charge in [-0.1, -0.05) is 6.92 Å². The number of nitrogens with zero attached hydrogens (tertiary/aromatic N) is 1. The molecule has 0 aliphatic carbocycles. The molecule has 0 radical (unpaired) electrons. The van der Waals surface area contributed by atoms with Crippen LogP contribution in [0.2, 0.25) is 0 Å². The number of aryl methyl sites for hydroxylation is 1. The molecule has 0 amide bonds. The van der Waals surface area contributed by atoms with Gasteiger partial charge in [0.15, 0.2) is 0 Å². The van der Waals surface area contributed by atoms with Crippen LogP contribution in [0, 0.1) is 6.92 Å². The quantitative estimate of drug-likeness (QED) is 0.732. The van der Waals surface area contributed by atoms with E-state index in [0.717, 1.165) is 34.3 Å². The van der Waals surface area contributed by atoms with Crippen molar-refractivity contribution in [3.8, 4) is 0 Å². The molecule has 2 rings (SSSR count). The zero-order chi connectivity index (χ0) is 14.8. The molecule has 4 nitrogen and oxygen atoms in total. The monoisotopic (exact) mass is 273 g/mol. The number of nitrogens with two attached hydrogens (primary N) is 1. The zero-order valence-corrected chi connectivity index (χ0v) is 12.4. The maximum atomic E-state index is 9.24. The smallest absolute Gasteiger partial charge is 0.0453 e. The second-order valence-corrected chi connectivity index (χ2v) is 5.59. The average molecular weight is 273 g/mol. The fraction of sp³-hybridized carbons (Fsp3) is 0.438. The third-order valence-electron chi connectivity index (χ3n) is 3.95. The van der Waals surface area contributed by atoms with Gasteiger partial charge < -0.3 is 16.2 Å². The Balaban J connectivity index is 2.49. The van der Waals surface area contributed by atoms with Gasteiger partial charge in [0.05, 0.1) is 0 Å². The van der Waals surface area contributed by atoms with Gasteiger partial charge in [-0.3, -0.25) is 4.98 Å². The van der Waals surface area contributed by atoms with Gasteiger partial charge in [0, 0.05) is 46.2 Å². The summed E-state index contributed by atoms with van der Waals surface area (Å²) in [5.74, 6) is 0. The predicted molar refractivity (Wildman–Crippen MR) is 84.9 cm³/mol. The Morgan fingerprint density at radius 3 is 2.75 bits per heavy atom. The van der Waals surface area contributed by atoms with Gasteiger partial charge in [-0.15, -0.1) is 0 Å². The molecule has 20 heavy (non-hydrogen) atoms. The SMILES string of the molecule is CCC(C)(CCO)Nc1ccc(N)c2cnc(C)cc12. The number of anilines is 2. The lowest BCUT2D eigenvalue weighted by Gasteiger charge is -2.31. The Labute approximate surface area is 120 Å². The third-order valence-corrected chi connectivity index (χ3v) is 3.95. The summed E-state index contributed by atoms with van der Waals surface area (Å²) in [5, 5.41) is 14.8. The molecular formula is C16H23N3O. The second-order valence-electron chi connectivity index (χ2n) is 5.59. The van der Waals surface area contributed by atoms with Crippen molar-refractivity contribution in [3.05, 3.63) is 30.1 Å². The van der Waals surface area contributed by atoms with Crippen LogP contribution >= 0.6 is 0 Å². The molecule has 1 atom stereocenters. The molecule has 0 aliphatic heterocycles. The summed E-state index contributed by atoms with van der Waals surface area (Å²) in [6, 6.07) is 5.95.